The van der Waals surface area contributed by atoms with Gasteiger partial charge in [-0.2, -0.15) is 0 Å². The van der Waals surface area contributed by atoms with Gasteiger partial charge in [0.2, 0.25) is 0 Å². The van der Waals surface area contributed by atoms with Gasteiger partial charge in [0, 0.05) is 31.3 Å². The summed E-state index contributed by atoms with van der Waals surface area (Å²) in [5.74, 6) is 2.76. The van der Waals surface area contributed by atoms with E-state index in [9.17, 15) is 0 Å². The average molecular weight is 493 g/mol. The minimum absolute atomic E-state index is 0. The van der Waals surface area contributed by atoms with E-state index in [4.69, 9.17) is 18.9 Å². The number of methoxy groups -OCH3 is 3. The van der Waals surface area contributed by atoms with Crippen LogP contribution >= 0.6 is 24.0 Å². The fourth-order valence-electron chi connectivity index (χ4n) is 2.97. The monoisotopic (exact) mass is 493 g/mol. The number of benzene rings is 1. The highest BCUT2D eigenvalue weighted by Crippen LogP contribution is 2.34. The summed E-state index contributed by atoms with van der Waals surface area (Å²) in [7, 11) is 4.86. The molecule has 0 bridgehead atoms. The Morgan fingerprint density at radius 2 is 1.78 bits per heavy atom. The number of halogens is 1. The Labute approximate surface area is 179 Å². The molecule has 1 unspecified atom stereocenters. The van der Waals surface area contributed by atoms with E-state index in [-0.39, 0.29) is 29.6 Å². The van der Waals surface area contributed by atoms with Crippen molar-refractivity contribution in [1.29, 1.82) is 0 Å². The van der Waals surface area contributed by atoms with Crippen LogP contribution in [0, 0.1) is 0 Å². The first-order valence-electron chi connectivity index (χ1n) is 9.00. The average Bonchev–Trinajstić information content (AvgIpc) is 3.10. The van der Waals surface area contributed by atoms with Gasteiger partial charge in [-0.1, -0.05) is 0 Å². The van der Waals surface area contributed by atoms with Gasteiger partial charge in [-0.25, -0.2) is 4.99 Å². The number of guanidine groups is 1. The highest BCUT2D eigenvalue weighted by Gasteiger charge is 2.29. The van der Waals surface area contributed by atoms with Crippen LogP contribution in [0.4, 0.5) is 0 Å². The summed E-state index contributed by atoms with van der Waals surface area (Å²) >= 11 is 0. The van der Waals surface area contributed by atoms with Crippen molar-refractivity contribution in [1.82, 2.24) is 10.6 Å². The molecule has 1 saturated heterocycles. The van der Waals surface area contributed by atoms with E-state index >= 15 is 0 Å². The molecule has 1 aliphatic heterocycles. The van der Waals surface area contributed by atoms with Crippen LogP contribution in [0.5, 0.6) is 17.2 Å². The van der Waals surface area contributed by atoms with Gasteiger partial charge < -0.3 is 29.6 Å². The second-order valence-corrected chi connectivity index (χ2v) is 6.47. The number of nitrogens with one attached hydrogen (secondary N) is 2. The number of hydrogen-bond donors (Lipinski definition) is 2. The molecule has 0 amide bonds. The molecule has 0 aromatic heterocycles. The van der Waals surface area contributed by atoms with Gasteiger partial charge in [0.1, 0.15) is 5.75 Å². The number of hydrogen-bond acceptors (Lipinski definition) is 5. The zero-order valence-electron chi connectivity index (χ0n) is 16.9. The highest BCUT2D eigenvalue weighted by molar-refractivity contribution is 14.0. The molecule has 0 saturated carbocycles. The van der Waals surface area contributed by atoms with E-state index in [1.165, 1.54) is 0 Å². The Hall–Kier alpha value is -1.42. The Kier molecular flexibility index (Phi) is 10.00. The summed E-state index contributed by atoms with van der Waals surface area (Å²) in [6.07, 6.45) is 2.16. The van der Waals surface area contributed by atoms with E-state index in [1.54, 1.807) is 21.3 Å². The van der Waals surface area contributed by atoms with Crippen LogP contribution in [0.15, 0.2) is 17.1 Å². The lowest BCUT2D eigenvalue weighted by Crippen LogP contribution is -2.45. The van der Waals surface area contributed by atoms with Crippen molar-refractivity contribution in [2.45, 2.75) is 38.8 Å². The molecular formula is C19H32IN3O4. The topological polar surface area (TPSA) is 73.3 Å². The van der Waals surface area contributed by atoms with Crippen molar-refractivity contribution in [2.24, 2.45) is 4.99 Å². The van der Waals surface area contributed by atoms with Crippen LogP contribution in [0.2, 0.25) is 0 Å². The predicted molar refractivity (Wildman–Crippen MR) is 118 cm³/mol. The van der Waals surface area contributed by atoms with Crippen LogP contribution in [-0.2, 0) is 11.3 Å². The zero-order valence-corrected chi connectivity index (χ0v) is 19.2. The molecule has 1 fully saturated rings. The van der Waals surface area contributed by atoms with Crippen LogP contribution in [0.3, 0.4) is 0 Å². The largest absolute Gasteiger partial charge is 0.496 e. The summed E-state index contributed by atoms with van der Waals surface area (Å²) in [6.45, 7) is 6.97. The number of aliphatic imine (C=N–C) groups is 1. The Morgan fingerprint density at radius 1 is 1.11 bits per heavy atom. The van der Waals surface area contributed by atoms with Gasteiger partial charge in [-0.05, 0) is 32.8 Å². The molecule has 2 rings (SSSR count). The molecule has 1 aliphatic rings. The van der Waals surface area contributed by atoms with Crippen LogP contribution in [0.1, 0.15) is 32.3 Å². The molecule has 7 nitrogen and oxygen atoms in total. The minimum atomic E-state index is -0.128. The quantitative estimate of drug-likeness (QED) is 0.330. The molecule has 1 atom stereocenters. The van der Waals surface area contributed by atoms with Gasteiger partial charge in [0.15, 0.2) is 17.5 Å². The molecule has 0 aliphatic carbocycles. The number of rotatable bonds is 8. The first-order valence-corrected chi connectivity index (χ1v) is 9.00. The lowest BCUT2D eigenvalue weighted by molar-refractivity contribution is 0.0243. The highest BCUT2D eigenvalue weighted by atomic mass is 127. The maximum atomic E-state index is 5.83. The molecular weight excluding hydrogens is 461 g/mol. The summed E-state index contributed by atoms with van der Waals surface area (Å²) in [6, 6.07) is 3.71. The second-order valence-electron chi connectivity index (χ2n) is 6.47. The fourth-order valence-corrected chi connectivity index (χ4v) is 2.97. The molecule has 0 spiro atoms. The van der Waals surface area contributed by atoms with E-state index in [0.29, 0.717) is 23.8 Å². The summed E-state index contributed by atoms with van der Waals surface area (Å²) in [5.41, 5.74) is 0.794. The first-order chi connectivity index (χ1) is 12.5. The zero-order chi connectivity index (χ0) is 19.0. The molecule has 27 heavy (non-hydrogen) atoms. The maximum absolute atomic E-state index is 5.83. The smallest absolute Gasteiger partial charge is 0.191 e. The standard InChI is InChI=1S/C19H31N3O4.HI/c1-6-20-18(22-13-19(2)8-7-9-26-19)21-12-14-10-16(24-4)17(25-5)11-15(14)23-3;/h10-11H,6-9,12-13H2,1-5H3,(H2,20,21,22);1H. The van der Waals surface area contributed by atoms with Crippen molar-refractivity contribution in [3.8, 4) is 17.2 Å². The third-order valence-electron chi connectivity index (χ3n) is 4.47. The minimum Gasteiger partial charge on any atom is -0.496 e. The number of ether oxygens (including phenoxy) is 4. The third-order valence-corrected chi connectivity index (χ3v) is 4.47. The van der Waals surface area contributed by atoms with E-state index in [2.05, 4.69) is 22.5 Å². The molecule has 0 radical (unpaired) electrons. The molecule has 1 aromatic carbocycles. The van der Waals surface area contributed by atoms with Gasteiger partial charge in [-0.15, -0.1) is 24.0 Å². The Bertz CT molecular complexity index is 619. The molecule has 154 valence electrons. The predicted octanol–water partition coefficient (Wildman–Crippen LogP) is 2.95. The summed E-state index contributed by atoms with van der Waals surface area (Å²) in [5, 5.41) is 6.65. The molecule has 1 heterocycles. The lowest BCUT2D eigenvalue weighted by atomic mass is 10.0. The van der Waals surface area contributed by atoms with Gasteiger partial charge in [0.25, 0.3) is 0 Å². The van der Waals surface area contributed by atoms with Crippen molar-refractivity contribution in [3.63, 3.8) is 0 Å². The van der Waals surface area contributed by atoms with Crippen LogP contribution in [-0.4, -0.2) is 52.6 Å². The first kappa shape index (κ1) is 23.6. The SMILES string of the molecule is CCNC(=NCc1cc(OC)c(OC)cc1OC)NCC1(C)CCCO1.I. The fraction of sp³-hybridized carbons (Fsp3) is 0.632. The maximum Gasteiger partial charge on any atom is 0.191 e. The Morgan fingerprint density at radius 3 is 2.33 bits per heavy atom. The van der Waals surface area contributed by atoms with Crippen molar-refractivity contribution in [2.75, 3.05) is 41.0 Å². The summed E-state index contributed by atoms with van der Waals surface area (Å²) < 4.78 is 22.0. The normalized spacial score (nSPS) is 19.2. The van der Waals surface area contributed by atoms with Crippen molar-refractivity contribution >= 4 is 29.9 Å². The third kappa shape index (κ3) is 6.60. The second kappa shape index (κ2) is 11.4. The van der Waals surface area contributed by atoms with Crippen molar-refractivity contribution in [3.05, 3.63) is 17.7 Å². The van der Waals surface area contributed by atoms with Crippen LogP contribution < -0.4 is 24.8 Å². The van der Waals surface area contributed by atoms with Crippen LogP contribution in [0.25, 0.3) is 0 Å². The molecule has 2 N–H and O–H groups in total. The van der Waals surface area contributed by atoms with E-state index < -0.39 is 0 Å². The Balaban J connectivity index is 0.00000364. The van der Waals surface area contributed by atoms with Crippen molar-refractivity contribution < 1.29 is 18.9 Å². The molecule has 1 aromatic rings. The van der Waals surface area contributed by atoms with Gasteiger partial charge in [-0.3, -0.25) is 0 Å². The molecule has 8 heteroatoms. The van der Waals surface area contributed by atoms with E-state index in [0.717, 1.165) is 44.1 Å². The van der Waals surface area contributed by atoms with E-state index in [1.807, 2.05) is 19.1 Å². The summed E-state index contributed by atoms with van der Waals surface area (Å²) in [4.78, 5) is 4.68. The lowest BCUT2D eigenvalue weighted by Gasteiger charge is -2.24. The van der Waals surface area contributed by atoms with Gasteiger partial charge >= 0.3 is 0 Å². The number of nitrogens with zero attached hydrogens (tertiary/aromatic N) is 1. The van der Waals surface area contributed by atoms with Gasteiger partial charge in [0.05, 0.1) is 33.5 Å².